The van der Waals surface area contributed by atoms with E-state index in [0.29, 0.717) is 5.69 Å². The number of rotatable bonds is 2. The van der Waals surface area contributed by atoms with Crippen LogP contribution < -0.4 is 10.2 Å². The number of nitriles is 1. The Kier molecular flexibility index (Phi) is 2.42. The molecule has 0 atom stereocenters. The highest BCUT2D eigenvalue weighted by Crippen LogP contribution is 2.47. The highest BCUT2D eigenvalue weighted by Gasteiger charge is 2.46. The number of imide groups is 1. The summed E-state index contributed by atoms with van der Waals surface area (Å²) in [5.74, 6) is -0.267. The topological polar surface area (TPSA) is 73.2 Å². The van der Waals surface area contributed by atoms with Crippen molar-refractivity contribution in [3.05, 3.63) is 29.8 Å². The van der Waals surface area contributed by atoms with Gasteiger partial charge in [-0.3, -0.25) is 4.79 Å². The van der Waals surface area contributed by atoms with E-state index in [0.717, 1.165) is 23.3 Å². The Hall–Kier alpha value is -2.35. The smallest absolute Gasteiger partial charge is 0.323 e. The molecule has 3 amide bonds. The summed E-state index contributed by atoms with van der Waals surface area (Å²) < 4.78 is 0. The summed E-state index contributed by atoms with van der Waals surface area (Å²) in [5.41, 5.74) is 0.264. The van der Waals surface area contributed by atoms with Gasteiger partial charge in [-0.2, -0.15) is 5.26 Å². The highest BCUT2D eigenvalue weighted by atomic mass is 16.2. The van der Waals surface area contributed by atoms with E-state index in [-0.39, 0.29) is 11.3 Å². The van der Waals surface area contributed by atoms with Crippen LogP contribution in [0, 0.1) is 11.3 Å². The first-order valence-corrected chi connectivity index (χ1v) is 6.58. The molecule has 1 saturated heterocycles. The predicted molar refractivity (Wildman–Crippen MR) is 73.1 cm³/mol. The van der Waals surface area contributed by atoms with E-state index in [4.69, 9.17) is 5.26 Å². The lowest BCUT2D eigenvalue weighted by Crippen LogP contribution is -2.40. The SMILES string of the molecule is CC1(C)NC(=O)N(c2ccc(C3(C#N)CC3)cc2)C1=O. The van der Waals surface area contributed by atoms with Gasteiger partial charge in [-0.15, -0.1) is 0 Å². The van der Waals surface area contributed by atoms with Crippen LogP contribution in [-0.2, 0) is 10.2 Å². The molecule has 0 spiro atoms. The molecular formula is C15H15N3O2. The van der Waals surface area contributed by atoms with Crippen LogP contribution in [0.5, 0.6) is 0 Å². The van der Waals surface area contributed by atoms with Gasteiger partial charge in [-0.25, -0.2) is 9.69 Å². The number of benzene rings is 1. The predicted octanol–water partition coefficient (Wildman–Crippen LogP) is 2.08. The molecule has 3 rings (SSSR count). The minimum Gasteiger partial charge on any atom is -0.323 e. The zero-order valence-electron chi connectivity index (χ0n) is 11.4. The molecule has 0 bridgehead atoms. The Morgan fingerprint density at radius 2 is 1.80 bits per heavy atom. The van der Waals surface area contributed by atoms with E-state index in [9.17, 15) is 9.59 Å². The fourth-order valence-electron chi connectivity index (χ4n) is 2.50. The quantitative estimate of drug-likeness (QED) is 0.835. The molecule has 2 fully saturated rings. The van der Waals surface area contributed by atoms with Gasteiger partial charge in [0.05, 0.1) is 17.2 Å². The maximum atomic E-state index is 12.2. The van der Waals surface area contributed by atoms with Gasteiger partial charge < -0.3 is 5.32 Å². The van der Waals surface area contributed by atoms with Gasteiger partial charge in [-0.05, 0) is 44.4 Å². The second kappa shape index (κ2) is 3.83. The van der Waals surface area contributed by atoms with E-state index in [1.54, 1.807) is 26.0 Å². The first kappa shape index (κ1) is 12.7. The number of nitrogens with zero attached hydrogens (tertiary/aromatic N) is 2. The van der Waals surface area contributed by atoms with Crippen molar-refractivity contribution in [2.45, 2.75) is 37.6 Å². The molecule has 0 unspecified atom stereocenters. The molecular weight excluding hydrogens is 254 g/mol. The molecule has 1 saturated carbocycles. The summed E-state index contributed by atoms with van der Waals surface area (Å²) >= 11 is 0. The monoisotopic (exact) mass is 269 g/mol. The van der Waals surface area contributed by atoms with Gasteiger partial charge in [0.1, 0.15) is 5.54 Å². The molecule has 0 radical (unpaired) electrons. The summed E-state index contributed by atoms with van der Waals surface area (Å²) in [6, 6.07) is 9.04. The van der Waals surface area contributed by atoms with Gasteiger partial charge >= 0.3 is 6.03 Å². The lowest BCUT2D eigenvalue weighted by Gasteiger charge is -2.16. The van der Waals surface area contributed by atoms with Crippen molar-refractivity contribution in [2.75, 3.05) is 4.90 Å². The van der Waals surface area contributed by atoms with Gasteiger partial charge in [0.25, 0.3) is 5.91 Å². The maximum Gasteiger partial charge on any atom is 0.329 e. The van der Waals surface area contributed by atoms with Crippen molar-refractivity contribution >= 4 is 17.6 Å². The molecule has 102 valence electrons. The maximum absolute atomic E-state index is 12.2. The van der Waals surface area contributed by atoms with Crippen LogP contribution in [0.1, 0.15) is 32.3 Å². The highest BCUT2D eigenvalue weighted by molar-refractivity contribution is 6.23. The third-order valence-corrected chi connectivity index (χ3v) is 4.00. The fourth-order valence-corrected chi connectivity index (χ4v) is 2.50. The van der Waals surface area contributed by atoms with Crippen molar-refractivity contribution in [1.82, 2.24) is 5.32 Å². The van der Waals surface area contributed by atoms with E-state index < -0.39 is 11.6 Å². The van der Waals surface area contributed by atoms with Crippen molar-refractivity contribution < 1.29 is 9.59 Å². The third-order valence-electron chi connectivity index (χ3n) is 4.00. The van der Waals surface area contributed by atoms with Crippen LogP contribution in [0.15, 0.2) is 24.3 Å². The summed E-state index contributed by atoms with van der Waals surface area (Å²) in [6.45, 7) is 3.35. The number of hydrogen-bond donors (Lipinski definition) is 1. The summed E-state index contributed by atoms with van der Waals surface area (Å²) in [7, 11) is 0. The molecule has 1 aromatic rings. The van der Waals surface area contributed by atoms with Crippen LogP contribution in [-0.4, -0.2) is 17.5 Å². The van der Waals surface area contributed by atoms with Gasteiger partial charge in [0.2, 0.25) is 0 Å². The second-order valence-corrected chi connectivity index (χ2v) is 5.94. The standard InChI is InChI=1S/C15H15N3O2/c1-14(2)12(19)18(13(20)17-14)11-5-3-10(4-6-11)15(9-16)7-8-15/h3-6H,7-8H2,1-2H3,(H,17,20). The molecule has 2 aliphatic rings. The zero-order chi connectivity index (χ0) is 14.5. The van der Waals surface area contributed by atoms with Gasteiger partial charge in [-0.1, -0.05) is 12.1 Å². The summed E-state index contributed by atoms with van der Waals surface area (Å²) in [6.07, 6.45) is 1.75. The summed E-state index contributed by atoms with van der Waals surface area (Å²) in [5, 5.41) is 11.8. The Balaban J connectivity index is 1.91. The number of anilines is 1. The number of amides is 3. The minimum absolute atomic E-state index is 0.267. The Bertz CT molecular complexity index is 636. The van der Waals surface area contributed by atoms with E-state index in [1.807, 2.05) is 12.1 Å². The first-order valence-electron chi connectivity index (χ1n) is 6.58. The van der Waals surface area contributed by atoms with Crippen LogP contribution in [0.3, 0.4) is 0 Å². The third kappa shape index (κ3) is 1.68. The Labute approximate surface area is 117 Å². The Morgan fingerprint density at radius 3 is 2.20 bits per heavy atom. The van der Waals surface area contributed by atoms with Crippen molar-refractivity contribution in [3.63, 3.8) is 0 Å². The van der Waals surface area contributed by atoms with E-state index >= 15 is 0 Å². The van der Waals surface area contributed by atoms with Crippen molar-refractivity contribution in [3.8, 4) is 6.07 Å². The normalized spacial score (nSPS) is 22.4. The number of urea groups is 1. The minimum atomic E-state index is -0.875. The molecule has 20 heavy (non-hydrogen) atoms. The fraction of sp³-hybridized carbons (Fsp3) is 0.400. The van der Waals surface area contributed by atoms with Crippen LogP contribution in [0.4, 0.5) is 10.5 Å². The van der Waals surface area contributed by atoms with Crippen molar-refractivity contribution in [2.24, 2.45) is 0 Å². The lowest BCUT2D eigenvalue weighted by atomic mass is 9.97. The van der Waals surface area contributed by atoms with Gasteiger partial charge in [0.15, 0.2) is 0 Å². The molecule has 1 heterocycles. The van der Waals surface area contributed by atoms with Crippen LogP contribution in [0.2, 0.25) is 0 Å². The summed E-state index contributed by atoms with van der Waals surface area (Å²) in [4.78, 5) is 25.2. The van der Waals surface area contributed by atoms with Crippen LogP contribution in [0.25, 0.3) is 0 Å². The molecule has 0 aromatic heterocycles. The average molecular weight is 269 g/mol. The number of nitrogens with one attached hydrogen (secondary N) is 1. The number of carbonyl (C=O) groups is 2. The molecule has 1 aliphatic carbocycles. The largest absolute Gasteiger partial charge is 0.329 e. The zero-order valence-corrected chi connectivity index (χ0v) is 11.4. The number of carbonyl (C=O) groups excluding carboxylic acids is 2. The number of hydrogen-bond acceptors (Lipinski definition) is 3. The van der Waals surface area contributed by atoms with Gasteiger partial charge in [0, 0.05) is 0 Å². The Morgan fingerprint density at radius 1 is 1.20 bits per heavy atom. The lowest BCUT2D eigenvalue weighted by molar-refractivity contribution is -0.121. The van der Waals surface area contributed by atoms with E-state index in [1.165, 1.54) is 0 Å². The molecule has 5 heteroatoms. The van der Waals surface area contributed by atoms with E-state index in [2.05, 4.69) is 11.4 Å². The average Bonchev–Trinajstić information content (AvgIpc) is 3.16. The molecule has 1 N–H and O–H groups in total. The molecule has 5 nitrogen and oxygen atoms in total. The second-order valence-electron chi connectivity index (χ2n) is 5.94. The first-order chi connectivity index (χ1) is 9.39. The molecule has 1 aromatic carbocycles. The van der Waals surface area contributed by atoms with Crippen LogP contribution >= 0.6 is 0 Å². The van der Waals surface area contributed by atoms with Crippen molar-refractivity contribution in [1.29, 1.82) is 5.26 Å². The molecule has 1 aliphatic heterocycles.